The average Bonchev–Trinajstić information content (AvgIpc) is 3.00. The number of tetrazole rings is 1. The summed E-state index contributed by atoms with van der Waals surface area (Å²) in [7, 11) is 1.91. The van der Waals surface area contributed by atoms with Crippen LogP contribution in [-0.4, -0.2) is 43.3 Å². The van der Waals surface area contributed by atoms with Gasteiger partial charge >= 0.3 is 0 Å². The lowest BCUT2D eigenvalue weighted by Gasteiger charge is -2.34. The molecule has 1 fully saturated rings. The van der Waals surface area contributed by atoms with Gasteiger partial charge in [0.05, 0.1) is 5.69 Å². The quantitative estimate of drug-likeness (QED) is 0.877. The van der Waals surface area contributed by atoms with Crippen LogP contribution in [0.2, 0.25) is 0 Å². The number of rotatable bonds is 2. The first-order valence-corrected chi connectivity index (χ1v) is 8.35. The maximum absolute atomic E-state index is 5.93. The summed E-state index contributed by atoms with van der Waals surface area (Å²) in [6.45, 7) is 1.92. The minimum Gasteiger partial charge on any atom is -0.368 e. The molecule has 1 aliphatic heterocycles. The third kappa shape index (κ3) is 2.62. The van der Waals surface area contributed by atoms with Crippen molar-refractivity contribution in [1.82, 2.24) is 30.2 Å². The van der Waals surface area contributed by atoms with Crippen molar-refractivity contribution in [2.24, 2.45) is 7.05 Å². The Labute approximate surface area is 135 Å². The van der Waals surface area contributed by atoms with Gasteiger partial charge in [0.25, 0.3) is 0 Å². The summed E-state index contributed by atoms with van der Waals surface area (Å²) in [5.41, 5.74) is 8.40. The van der Waals surface area contributed by atoms with E-state index >= 15 is 0 Å². The SMILES string of the molecule is Cn1nnnc1C1CCN(c2nc(N)nc3c2CCCC3)CC1. The fraction of sp³-hybridized carbons (Fsp3) is 0.667. The van der Waals surface area contributed by atoms with Gasteiger partial charge in [-0.1, -0.05) is 0 Å². The molecular formula is C15H22N8. The van der Waals surface area contributed by atoms with Crippen molar-refractivity contribution in [3.05, 3.63) is 17.1 Å². The van der Waals surface area contributed by atoms with E-state index in [2.05, 4.69) is 30.4 Å². The second kappa shape index (κ2) is 5.75. The second-order valence-electron chi connectivity index (χ2n) is 6.46. The van der Waals surface area contributed by atoms with E-state index in [9.17, 15) is 0 Å². The van der Waals surface area contributed by atoms with Crippen LogP contribution in [0.3, 0.4) is 0 Å². The first kappa shape index (κ1) is 14.3. The van der Waals surface area contributed by atoms with Crippen LogP contribution in [0.1, 0.15) is 48.7 Å². The molecule has 0 bridgehead atoms. The molecule has 1 aliphatic carbocycles. The smallest absolute Gasteiger partial charge is 0.222 e. The number of anilines is 2. The first-order valence-electron chi connectivity index (χ1n) is 8.35. The molecule has 122 valence electrons. The molecule has 4 rings (SSSR count). The number of aromatic nitrogens is 6. The van der Waals surface area contributed by atoms with E-state index in [1.54, 1.807) is 4.68 Å². The predicted octanol–water partition coefficient (Wildman–Crippen LogP) is 0.845. The number of nitrogens with zero attached hydrogens (tertiary/aromatic N) is 7. The summed E-state index contributed by atoms with van der Waals surface area (Å²) in [4.78, 5) is 11.4. The molecule has 0 spiro atoms. The minimum absolute atomic E-state index is 0.403. The lowest BCUT2D eigenvalue weighted by atomic mass is 9.93. The Kier molecular flexibility index (Phi) is 3.59. The Morgan fingerprint density at radius 3 is 2.61 bits per heavy atom. The fourth-order valence-corrected chi connectivity index (χ4v) is 3.79. The fourth-order valence-electron chi connectivity index (χ4n) is 3.79. The van der Waals surface area contributed by atoms with E-state index in [1.807, 2.05) is 7.05 Å². The number of nitrogen functional groups attached to an aromatic ring is 1. The van der Waals surface area contributed by atoms with Gasteiger partial charge in [0.2, 0.25) is 5.95 Å². The van der Waals surface area contributed by atoms with Crippen LogP contribution in [-0.2, 0) is 19.9 Å². The Hall–Kier alpha value is -2.25. The van der Waals surface area contributed by atoms with E-state index in [4.69, 9.17) is 5.73 Å². The van der Waals surface area contributed by atoms with Crippen LogP contribution < -0.4 is 10.6 Å². The van der Waals surface area contributed by atoms with Crippen LogP contribution in [0.25, 0.3) is 0 Å². The third-order valence-corrected chi connectivity index (χ3v) is 4.99. The van der Waals surface area contributed by atoms with E-state index < -0.39 is 0 Å². The van der Waals surface area contributed by atoms with Crippen molar-refractivity contribution in [3.63, 3.8) is 0 Å². The summed E-state index contributed by atoms with van der Waals surface area (Å²) >= 11 is 0. The molecule has 1 saturated heterocycles. The van der Waals surface area contributed by atoms with E-state index in [0.29, 0.717) is 11.9 Å². The van der Waals surface area contributed by atoms with Gasteiger partial charge < -0.3 is 10.6 Å². The minimum atomic E-state index is 0.403. The number of piperidine rings is 1. The Morgan fingerprint density at radius 1 is 1.09 bits per heavy atom. The zero-order valence-corrected chi connectivity index (χ0v) is 13.4. The molecule has 2 aliphatic rings. The van der Waals surface area contributed by atoms with Gasteiger partial charge in [0.1, 0.15) is 5.82 Å². The molecular weight excluding hydrogens is 292 g/mol. The topological polar surface area (TPSA) is 98.6 Å². The standard InChI is InChI=1S/C15H22N8/c1-22-13(19-20-21-22)10-6-8-23(9-7-10)14-11-4-2-3-5-12(11)17-15(16)18-14/h10H,2-9H2,1H3,(H2,16,17,18). The molecule has 23 heavy (non-hydrogen) atoms. The lowest BCUT2D eigenvalue weighted by molar-refractivity contribution is 0.464. The Balaban J connectivity index is 1.55. The van der Waals surface area contributed by atoms with Gasteiger partial charge in [0.15, 0.2) is 5.82 Å². The molecule has 0 saturated carbocycles. The summed E-state index contributed by atoms with van der Waals surface area (Å²) in [5.74, 6) is 2.86. The number of fused-ring (bicyclic) bond motifs is 1. The monoisotopic (exact) mass is 314 g/mol. The van der Waals surface area contributed by atoms with Crippen molar-refractivity contribution in [2.45, 2.75) is 44.4 Å². The summed E-state index contributed by atoms with van der Waals surface area (Å²) < 4.78 is 1.78. The van der Waals surface area contributed by atoms with E-state index in [0.717, 1.165) is 56.1 Å². The normalized spacial score (nSPS) is 18.9. The highest BCUT2D eigenvalue weighted by Crippen LogP contribution is 2.33. The summed E-state index contributed by atoms with van der Waals surface area (Å²) in [5, 5.41) is 11.9. The molecule has 0 aromatic carbocycles. The number of aryl methyl sites for hydroxylation is 2. The molecule has 0 atom stereocenters. The zero-order valence-electron chi connectivity index (χ0n) is 13.4. The van der Waals surface area contributed by atoms with Crippen LogP contribution in [0.5, 0.6) is 0 Å². The Bertz CT molecular complexity index is 701. The van der Waals surface area contributed by atoms with Crippen LogP contribution in [0, 0.1) is 0 Å². The van der Waals surface area contributed by atoms with Crippen molar-refractivity contribution >= 4 is 11.8 Å². The third-order valence-electron chi connectivity index (χ3n) is 4.99. The zero-order chi connectivity index (χ0) is 15.8. The second-order valence-corrected chi connectivity index (χ2v) is 6.46. The van der Waals surface area contributed by atoms with Gasteiger partial charge in [-0.15, -0.1) is 5.10 Å². The number of hydrogen-bond acceptors (Lipinski definition) is 7. The maximum atomic E-state index is 5.93. The molecule has 0 unspecified atom stereocenters. The van der Waals surface area contributed by atoms with Crippen molar-refractivity contribution in [2.75, 3.05) is 23.7 Å². The molecule has 8 nitrogen and oxygen atoms in total. The molecule has 0 amide bonds. The first-order chi connectivity index (χ1) is 11.2. The molecule has 3 heterocycles. The van der Waals surface area contributed by atoms with Gasteiger partial charge in [-0.3, -0.25) is 0 Å². The summed E-state index contributed by atoms with van der Waals surface area (Å²) in [6, 6.07) is 0. The number of hydrogen-bond donors (Lipinski definition) is 1. The van der Waals surface area contributed by atoms with Gasteiger partial charge in [-0.2, -0.15) is 4.98 Å². The predicted molar refractivity (Wildman–Crippen MR) is 86.1 cm³/mol. The van der Waals surface area contributed by atoms with Crippen molar-refractivity contribution in [1.29, 1.82) is 0 Å². The maximum Gasteiger partial charge on any atom is 0.222 e. The molecule has 2 N–H and O–H groups in total. The largest absolute Gasteiger partial charge is 0.368 e. The lowest BCUT2D eigenvalue weighted by Crippen LogP contribution is -2.35. The van der Waals surface area contributed by atoms with Crippen molar-refractivity contribution in [3.8, 4) is 0 Å². The highest BCUT2D eigenvalue weighted by Gasteiger charge is 2.28. The van der Waals surface area contributed by atoms with E-state index in [1.165, 1.54) is 18.4 Å². The average molecular weight is 314 g/mol. The van der Waals surface area contributed by atoms with Gasteiger partial charge in [0, 0.05) is 31.6 Å². The van der Waals surface area contributed by atoms with Gasteiger partial charge in [-0.25, -0.2) is 9.67 Å². The van der Waals surface area contributed by atoms with Crippen LogP contribution in [0.4, 0.5) is 11.8 Å². The summed E-state index contributed by atoms with van der Waals surface area (Å²) in [6.07, 6.45) is 6.58. The Morgan fingerprint density at radius 2 is 1.87 bits per heavy atom. The van der Waals surface area contributed by atoms with Crippen LogP contribution in [0.15, 0.2) is 0 Å². The highest BCUT2D eigenvalue weighted by molar-refractivity contribution is 5.53. The van der Waals surface area contributed by atoms with Crippen molar-refractivity contribution < 1.29 is 0 Å². The molecule has 2 aromatic heterocycles. The van der Waals surface area contributed by atoms with Gasteiger partial charge in [-0.05, 0) is 49.0 Å². The molecule has 2 aromatic rings. The van der Waals surface area contributed by atoms with E-state index in [-0.39, 0.29) is 0 Å². The number of nitrogens with two attached hydrogens (primary N) is 1. The molecule has 0 radical (unpaired) electrons. The van der Waals surface area contributed by atoms with Crippen LogP contribution >= 0.6 is 0 Å². The highest BCUT2D eigenvalue weighted by atomic mass is 15.5. The molecule has 8 heteroatoms.